The van der Waals surface area contributed by atoms with Crippen molar-refractivity contribution in [1.29, 1.82) is 0 Å². The van der Waals surface area contributed by atoms with Gasteiger partial charge in [0.05, 0.1) is 26.3 Å². The molecule has 1 aromatic carbocycles. The van der Waals surface area contributed by atoms with E-state index in [1.807, 2.05) is 24.4 Å². The number of ether oxygens (including phenoxy) is 2. The van der Waals surface area contributed by atoms with Gasteiger partial charge in [-0.15, -0.1) is 0 Å². The van der Waals surface area contributed by atoms with Crippen molar-refractivity contribution in [2.24, 2.45) is 0 Å². The van der Waals surface area contributed by atoms with Gasteiger partial charge in [-0.2, -0.15) is 0 Å². The molecule has 0 bridgehead atoms. The van der Waals surface area contributed by atoms with Crippen LogP contribution in [0.4, 0.5) is 5.69 Å². The maximum Gasteiger partial charge on any atom is 0.184 e. The zero-order valence-electron chi connectivity index (χ0n) is 12.0. The number of pyridine rings is 1. The van der Waals surface area contributed by atoms with Crippen LogP contribution in [0.2, 0.25) is 0 Å². The topological polar surface area (TPSA) is 62.3 Å². The van der Waals surface area contributed by atoms with Crippen molar-refractivity contribution >= 4 is 16.6 Å². The first-order valence-electron chi connectivity index (χ1n) is 6.63. The fourth-order valence-electron chi connectivity index (χ4n) is 2.46. The summed E-state index contributed by atoms with van der Waals surface area (Å²) in [5.74, 6) is 1.34. The highest BCUT2D eigenvalue weighted by Gasteiger charge is 2.12. The molecule has 0 unspecified atom stereocenters. The molecule has 108 valence electrons. The van der Waals surface area contributed by atoms with E-state index in [-0.39, 0.29) is 0 Å². The lowest BCUT2D eigenvalue weighted by Gasteiger charge is -2.12. The van der Waals surface area contributed by atoms with Crippen LogP contribution in [0, 0.1) is 0 Å². The number of hydrogen-bond acceptors (Lipinski definition) is 4. The van der Waals surface area contributed by atoms with Gasteiger partial charge in [0.1, 0.15) is 5.69 Å². The van der Waals surface area contributed by atoms with Gasteiger partial charge in [-0.05, 0) is 23.6 Å². The van der Waals surface area contributed by atoms with E-state index >= 15 is 0 Å². The maximum atomic E-state index is 5.87. The summed E-state index contributed by atoms with van der Waals surface area (Å²) < 4.78 is 12.8. The molecule has 0 saturated heterocycles. The van der Waals surface area contributed by atoms with Crippen LogP contribution in [0.5, 0.6) is 11.5 Å². The molecule has 5 heteroatoms. The molecule has 2 heterocycles. The Morgan fingerprint density at radius 1 is 1.14 bits per heavy atom. The van der Waals surface area contributed by atoms with Crippen molar-refractivity contribution in [2.75, 3.05) is 20.0 Å². The number of hydrogen-bond donors (Lipinski definition) is 1. The molecule has 5 nitrogen and oxygen atoms in total. The van der Waals surface area contributed by atoms with Crippen molar-refractivity contribution in [3.63, 3.8) is 0 Å². The van der Waals surface area contributed by atoms with Crippen molar-refractivity contribution in [2.45, 2.75) is 6.54 Å². The minimum absolute atomic E-state index is 0.591. The Morgan fingerprint density at radius 2 is 2.00 bits per heavy atom. The SMILES string of the molecule is COc1ccnc(Cn2ccc3ccc(N)cc32)c1OC. The molecule has 0 spiro atoms. The number of nitrogens with two attached hydrogens (primary N) is 1. The number of nitrogens with zero attached hydrogens (tertiary/aromatic N) is 2. The number of nitrogen functional groups attached to an aromatic ring is 1. The fraction of sp³-hybridized carbons (Fsp3) is 0.188. The summed E-state index contributed by atoms with van der Waals surface area (Å²) in [5, 5.41) is 1.14. The van der Waals surface area contributed by atoms with E-state index in [0.717, 1.165) is 22.3 Å². The summed E-state index contributed by atoms with van der Waals surface area (Å²) in [6.07, 6.45) is 3.74. The largest absolute Gasteiger partial charge is 0.493 e. The predicted molar refractivity (Wildman–Crippen MR) is 82.8 cm³/mol. The lowest BCUT2D eigenvalue weighted by Crippen LogP contribution is -2.04. The van der Waals surface area contributed by atoms with Gasteiger partial charge < -0.3 is 19.8 Å². The highest BCUT2D eigenvalue weighted by molar-refractivity contribution is 5.83. The quantitative estimate of drug-likeness (QED) is 0.748. The van der Waals surface area contributed by atoms with Crippen LogP contribution in [0.25, 0.3) is 10.9 Å². The number of rotatable bonds is 4. The van der Waals surface area contributed by atoms with Gasteiger partial charge >= 0.3 is 0 Å². The molecular formula is C16H17N3O2. The Labute approximate surface area is 122 Å². The molecule has 0 aliphatic rings. The summed E-state index contributed by atoms with van der Waals surface area (Å²) >= 11 is 0. The maximum absolute atomic E-state index is 5.87. The lowest BCUT2D eigenvalue weighted by atomic mass is 10.2. The minimum atomic E-state index is 0.591. The van der Waals surface area contributed by atoms with E-state index in [4.69, 9.17) is 15.2 Å². The smallest absolute Gasteiger partial charge is 0.184 e. The first kappa shape index (κ1) is 13.3. The molecule has 0 aliphatic heterocycles. The first-order valence-corrected chi connectivity index (χ1v) is 6.63. The third kappa shape index (κ3) is 2.38. The number of anilines is 1. The molecule has 2 N–H and O–H groups in total. The number of methoxy groups -OCH3 is 2. The van der Waals surface area contributed by atoms with Crippen molar-refractivity contribution < 1.29 is 9.47 Å². The third-order valence-electron chi connectivity index (χ3n) is 3.48. The highest BCUT2D eigenvalue weighted by Crippen LogP contribution is 2.30. The molecular weight excluding hydrogens is 266 g/mol. The number of benzene rings is 1. The standard InChI is InChI=1S/C16H17N3O2/c1-20-15-5-7-18-13(16(15)21-2)10-19-8-6-11-3-4-12(17)9-14(11)19/h3-9H,10,17H2,1-2H3. The van der Waals surface area contributed by atoms with E-state index in [1.165, 1.54) is 0 Å². The second kappa shape index (κ2) is 5.36. The summed E-state index contributed by atoms with van der Waals surface area (Å²) in [7, 11) is 3.24. The monoisotopic (exact) mass is 283 g/mol. The minimum Gasteiger partial charge on any atom is -0.493 e. The van der Waals surface area contributed by atoms with Crippen LogP contribution in [-0.2, 0) is 6.54 Å². The molecule has 0 saturated carbocycles. The van der Waals surface area contributed by atoms with E-state index in [2.05, 4.69) is 15.6 Å². The van der Waals surface area contributed by atoms with Gasteiger partial charge in [0, 0.05) is 24.1 Å². The van der Waals surface area contributed by atoms with Crippen LogP contribution >= 0.6 is 0 Å². The molecule has 0 fully saturated rings. The summed E-state index contributed by atoms with van der Waals surface area (Å²) in [6.45, 7) is 0.591. The van der Waals surface area contributed by atoms with Gasteiger partial charge in [0.25, 0.3) is 0 Å². The summed E-state index contributed by atoms with van der Waals surface area (Å²) in [5.41, 5.74) is 8.50. The molecule has 3 aromatic rings. The zero-order valence-corrected chi connectivity index (χ0v) is 12.0. The van der Waals surface area contributed by atoms with Crippen LogP contribution < -0.4 is 15.2 Å². The van der Waals surface area contributed by atoms with Crippen LogP contribution in [0.15, 0.2) is 42.7 Å². The molecule has 0 radical (unpaired) electrons. The molecule has 0 aliphatic carbocycles. The number of fused-ring (bicyclic) bond motifs is 1. The van der Waals surface area contributed by atoms with Crippen molar-refractivity contribution in [3.05, 3.63) is 48.4 Å². The Balaban J connectivity index is 2.04. The molecule has 0 atom stereocenters. The van der Waals surface area contributed by atoms with Gasteiger partial charge in [-0.1, -0.05) is 6.07 Å². The predicted octanol–water partition coefficient (Wildman–Crippen LogP) is 2.68. The zero-order chi connectivity index (χ0) is 14.8. The van der Waals surface area contributed by atoms with E-state index < -0.39 is 0 Å². The Hall–Kier alpha value is -2.69. The van der Waals surface area contributed by atoms with Gasteiger partial charge in [0.2, 0.25) is 0 Å². The van der Waals surface area contributed by atoms with Crippen molar-refractivity contribution in [3.8, 4) is 11.5 Å². The van der Waals surface area contributed by atoms with Gasteiger partial charge in [-0.3, -0.25) is 4.98 Å². The summed E-state index contributed by atoms with van der Waals surface area (Å²) in [6, 6.07) is 9.71. The molecule has 21 heavy (non-hydrogen) atoms. The van der Waals surface area contributed by atoms with Gasteiger partial charge in [-0.25, -0.2) is 0 Å². The Bertz CT molecular complexity index is 780. The second-order valence-corrected chi connectivity index (χ2v) is 4.76. The van der Waals surface area contributed by atoms with Crippen LogP contribution in [0.1, 0.15) is 5.69 Å². The van der Waals surface area contributed by atoms with E-state index in [9.17, 15) is 0 Å². The average Bonchev–Trinajstić information content (AvgIpc) is 2.89. The van der Waals surface area contributed by atoms with Crippen LogP contribution in [0.3, 0.4) is 0 Å². The third-order valence-corrected chi connectivity index (χ3v) is 3.48. The molecule has 2 aromatic heterocycles. The highest BCUT2D eigenvalue weighted by atomic mass is 16.5. The lowest BCUT2D eigenvalue weighted by molar-refractivity contribution is 0.348. The Kier molecular flexibility index (Phi) is 3.39. The average molecular weight is 283 g/mol. The van der Waals surface area contributed by atoms with Gasteiger partial charge in [0.15, 0.2) is 11.5 Å². The van der Waals surface area contributed by atoms with E-state index in [0.29, 0.717) is 18.0 Å². The molecule has 0 amide bonds. The number of aromatic nitrogens is 2. The fourth-order valence-corrected chi connectivity index (χ4v) is 2.46. The van der Waals surface area contributed by atoms with Crippen LogP contribution in [-0.4, -0.2) is 23.8 Å². The van der Waals surface area contributed by atoms with E-state index in [1.54, 1.807) is 26.5 Å². The first-order chi connectivity index (χ1) is 10.2. The normalized spacial score (nSPS) is 10.8. The molecule has 3 rings (SSSR count). The second-order valence-electron chi connectivity index (χ2n) is 4.76. The van der Waals surface area contributed by atoms with Crippen molar-refractivity contribution in [1.82, 2.24) is 9.55 Å². The Morgan fingerprint density at radius 3 is 2.76 bits per heavy atom. The summed E-state index contributed by atoms with van der Waals surface area (Å²) in [4.78, 5) is 4.41.